The highest BCUT2D eigenvalue weighted by atomic mass is 35.5. The van der Waals surface area contributed by atoms with Gasteiger partial charge in [-0.15, -0.1) is 12.4 Å². The predicted molar refractivity (Wildman–Crippen MR) is 110 cm³/mol. The van der Waals surface area contributed by atoms with Gasteiger partial charge in [-0.25, -0.2) is 8.42 Å². The summed E-state index contributed by atoms with van der Waals surface area (Å²) in [5.74, 6) is -0.00941. The lowest BCUT2D eigenvalue weighted by atomic mass is 9.81. The summed E-state index contributed by atoms with van der Waals surface area (Å²) in [4.78, 5) is 13.0. The van der Waals surface area contributed by atoms with E-state index in [9.17, 15) is 13.2 Å². The minimum atomic E-state index is -3.47. The van der Waals surface area contributed by atoms with Gasteiger partial charge >= 0.3 is 0 Å². The summed E-state index contributed by atoms with van der Waals surface area (Å²) in [6.45, 7) is 7.04. The van der Waals surface area contributed by atoms with Gasteiger partial charge in [-0.05, 0) is 44.7 Å². The van der Waals surface area contributed by atoms with Crippen LogP contribution in [0.3, 0.4) is 0 Å². The average Bonchev–Trinajstić information content (AvgIpc) is 2.64. The number of carbonyl (C=O) groups excluding carboxylic acids is 1. The molecule has 0 spiro atoms. The highest BCUT2D eigenvalue weighted by Crippen LogP contribution is 2.27. The van der Waals surface area contributed by atoms with Crippen LogP contribution in [-0.4, -0.2) is 44.3 Å². The largest absolute Gasteiger partial charge is 0.353 e. The van der Waals surface area contributed by atoms with Gasteiger partial charge in [0, 0.05) is 25.7 Å². The van der Waals surface area contributed by atoms with Crippen molar-refractivity contribution in [1.82, 2.24) is 9.62 Å². The van der Waals surface area contributed by atoms with E-state index >= 15 is 0 Å². The first-order valence-corrected chi connectivity index (χ1v) is 10.8. The molecule has 1 amide bonds. The van der Waals surface area contributed by atoms with Crippen molar-refractivity contribution < 1.29 is 13.2 Å². The Morgan fingerprint density at radius 2 is 1.70 bits per heavy atom. The summed E-state index contributed by atoms with van der Waals surface area (Å²) >= 11 is 0. The molecular weight excluding hydrogens is 386 g/mol. The predicted octanol–water partition coefficient (Wildman–Crippen LogP) is 2.45. The smallest absolute Gasteiger partial charge is 0.243 e. The maximum absolute atomic E-state index is 12.7. The second-order valence-corrected chi connectivity index (χ2v) is 9.09. The van der Waals surface area contributed by atoms with Crippen LogP contribution in [0.4, 0.5) is 0 Å². The number of hydrogen-bond donors (Lipinski definition) is 2. The van der Waals surface area contributed by atoms with Crippen LogP contribution in [0.25, 0.3) is 0 Å². The Balaban J connectivity index is 0.00000364. The standard InChI is InChI=1S/C19H31N3O3S.ClH/c1-4-19(5-2,14-20)18(23)21-16-10-12-22(13-11-16)26(24,25)17-8-6-15(3)7-9-17;/h6-9,16H,4-5,10-14,20H2,1-3H3,(H,21,23);1H. The quantitative estimate of drug-likeness (QED) is 0.712. The van der Waals surface area contributed by atoms with E-state index < -0.39 is 15.4 Å². The number of hydrogen-bond acceptors (Lipinski definition) is 4. The molecule has 1 aromatic rings. The molecule has 0 radical (unpaired) electrons. The maximum atomic E-state index is 12.7. The number of amides is 1. The molecule has 1 aromatic carbocycles. The molecule has 154 valence electrons. The lowest BCUT2D eigenvalue weighted by molar-refractivity contribution is -0.132. The second kappa shape index (κ2) is 9.87. The van der Waals surface area contributed by atoms with Crippen molar-refractivity contribution in [3.8, 4) is 0 Å². The van der Waals surface area contributed by atoms with Gasteiger partial charge < -0.3 is 11.1 Å². The monoisotopic (exact) mass is 417 g/mol. The minimum absolute atomic E-state index is 0. The van der Waals surface area contributed by atoms with Crippen LogP contribution in [0.15, 0.2) is 29.2 Å². The average molecular weight is 418 g/mol. The van der Waals surface area contributed by atoms with Crippen molar-refractivity contribution >= 4 is 28.3 Å². The molecule has 1 saturated heterocycles. The molecule has 0 aromatic heterocycles. The molecule has 1 aliphatic heterocycles. The van der Waals surface area contributed by atoms with Gasteiger partial charge in [-0.3, -0.25) is 4.79 Å². The number of rotatable bonds is 7. The lowest BCUT2D eigenvalue weighted by Gasteiger charge is -2.35. The minimum Gasteiger partial charge on any atom is -0.353 e. The fourth-order valence-corrected chi connectivity index (χ4v) is 4.86. The number of sulfonamides is 1. The Hall–Kier alpha value is -1.15. The van der Waals surface area contributed by atoms with Gasteiger partial charge in [0.2, 0.25) is 15.9 Å². The van der Waals surface area contributed by atoms with Crippen LogP contribution in [0, 0.1) is 12.3 Å². The SMILES string of the molecule is CCC(CC)(CN)C(=O)NC1CCN(S(=O)(=O)c2ccc(C)cc2)CC1.Cl. The molecule has 1 aliphatic rings. The topological polar surface area (TPSA) is 92.5 Å². The van der Waals surface area contributed by atoms with Crippen molar-refractivity contribution in [2.24, 2.45) is 11.1 Å². The van der Waals surface area contributed by atoms with Gasteiger partial charge in [0.25, 0.3) is 0 Å². The Bertz CT molecular complexity index is 702. The molecule has 1 fully saturated rings. The third-order valence-corrected chi connectivity index (χ3v) is 7.59. The van der Waals surface area contributed by atoms with Gasteiger partial charge in [0.1, 0.15) is 0 Å². The van der Waals surface area contributed by atoms with Gasteiger partial charge in [-0.1, -0.05) is 31.5 Å². The Morgan fingerprint density at radius 1 is 1.19 bits per heavy atom. The van der Waals surface area contributed by atoms with E-state index in [1.54, 1.807) is 12.1 Å². The number of nitrogens with two attached hydrogens (primary N) is 1. The first kappa shape index (κ1) is 23.9. The molecule has 0 unspecified atom stereocenters. The Kier molecular flexibility index (Phi) is 8.73. The van der Waals surface area contributed by atoms with Crippen LogP contribution in [0.5, 0.6) is 0 Å². The Morgan fingerprint density at radius 3 is 2.15 bits per heavy atom. The molecular formula is C19H32ClN3O3S. The molecule has 0 bridgehead atoms. The lowest BCUT2D eigenvalue weighted by Crippen LogP contribution is -2.52. The second-order valence-electron chi connectivity index (χ2n) is 7.16. The molecule has 3 N–H and O–H groups in total. The fourth-order valence-electron chi connectivity index (χ4n) is 3.39. The summed E-state index contributed by atoms with van der Waals surface area (Å²) in [7, 11) is -3.47. The van der Waals surface area contributed by atoms with Crippen molar-refractivity contribution in [1.29, 1.82) is 0 Å². The zero-order valence-electron chi connectivity index (χ0n) is 16.4. The molecule has 8 heteroatoms. The molecule has 1 heterocycles. The fraction of sp³-hybridized carbons (Fsp3) is 0.632. The van der Waals surface area contributed by atoms with Crippen LogP contribution in [0.1, 0.15) is 45.1 Å². The Labute approximate surface area is 169 Å². The zero-order valence-corrected chi connectivity index (χ0v) is 18.0. The van der Waals surface area contributed by atoms with Gasteiger partial charge in [-0.2, -0.15) is 4.31 Å². The van der Waals surface area contributed by atoms with Crippen LogP contribution in [0.2, 0.25) is 0 Å². The van der Waals surface area contributed by atoms with E-state index in [1.807, 2.05) is 32.9 Å². The van der Waals surface area contributed by atoms with Crippen molar-refractivity contribution in [2.75, 3.05) is 19.6 Å². The molecule has 2 rings (SSSR count). The molecule has 27 heavy (non-hydrogen) atoms. The van der Waals surface area contributed by atoms with Crippen LogP contribution in [-0.2, 0) is 14.8 Å². The first-order valence-electron chi connectivity index (χ1n) is 9.37. The summed E-state index contributed by atoms with van der Waals surface area (Å²) < 4.78 is 27.0. The van der Waals surface area contributed by atoms with Crippen molar-refractivity contribution in [3.63, 3.8) is 0 Å². The number of benzene rings is 1. The molecule has 0 atom stereocenters. The third kappa shape index (κ3) is 5.22. The first-order chi connectivity index (χ1) is 12.3. The van der Waals surface area contributed by atoms with E-state index in [0.717, 1.165) is 5.56 Å². The molecule has 0 aliphatic carbocycles. The van der Waals surface area contributed by atoms with Crippen molar-refractivity contribution in [2.45, 2.75) is 57.4 Å². The molecule has 0 saturated carbocycles. The number of nitrogens with zero attached hydrogens (tertiary/aromatic N) is 1. The number of aryl methyl sites for hydroxylation is 1. The van der Waals surface area contributed by atoms with Gasteiger partial charge in [0.05, 0.1) is 10.3 Å². The normalized spacial score (nSPS) is 16.6. The van der Waals surface area contributed by atoms with Crippen molar-refractivity contribution in [3.05, 3.63) is 29.8 Å². The molecule has 6 nitrogen and oxygen atoms in total. The summed E-state index contributed by atoms with van der Waals surface area (Å²) in [6.07, 6.45) is 2.63. The highest BCUT2D eigenvalue weighted by molar-refractivity contribution is 7.89. The maximum Gasteiger partial charge on any atom is 0.243 e. The van der Waals surface area contributed by atoms with E-state index in [2.05, 4.69) is 5.32 Å². The van der Waals surface area contributed by atoms with E-state index in [1.165, 1.54) is 4.31 Å². The van der Waals surface area contributed by atoms with E-state index in [0.29, 0.717) is 50.2 Å². The third-order valence-electron chi connectivity index (χ3n) is 5.67. The van der Waals surface area contributed by atoms with E-state index in [-0.39, 0.29) is 24.4 Å². The van der Waals surface area contributed by atoms with Crippen LogP contribution < -0.4 is 11.1 Å². The van der Waals surface area contributed by atoms with Crippen LogP contribution >= 0.6 is 12.4 Å². The summed E-state index contributed by atoms with van der Waals surface area (Å²) in [6, 6.07) is 6.91. The number of carbonyl (C=O) groups is 1. The number of piperidine rings is 1. The number of halogens is 1. The summed E-state index contributed by atoms with van der Waals surface area (Å²) in [5, 5.41) is 3.09. The zero-order chi connectivity index (χ0) is 19.4. The summed E-state index contributed by atoms with van der Waals surface area (Å²) in [5.41, 5.74) is 6.35. The highest BCUT2D eigenvalue weighted by Gasteiger charge is 2.36. The van der Waals surface area contributed by atoms with Gasteiger partial charge in [0.15, 0.2) is 0 Å². The number of nitrogens with one attached hydrogen (secondary N) is 1. The van der Waals surface area contributed by atoms with E-state index in [4.69, 9.17) is 5.73 Å².